The summed E-state index contributed by atoms with van der Waals surface area (Å²) in [6, 6.07) is 0. The highest BCUT2D eigenvalue weighted by molar-refractivity contribution is 4.93. The summed E-state index contributed by atoms with van der Waals surface area (Å²) >= 11 is 0. The second-order valence-electron chi connectivity index (χ2n) is 6.08. The fourth-order valence-electron chi connectivity index (χ4n) is 4.01. The first-order valence-corrected chi connectivity index (χ1v) is 7.16. The lowest BCUT2D eigenvalue weighted by atomic mass is 9.67. The van der Waals surface area contributed by atoms with Crippen molar-refractivity contribution in [3.8, 4) is 0 Å². The molecule has 4 unspecified atom stereocenters. The Morgan fingerprint density at radius 1 is 0.875 bits per heavy atom. The molecule has 0 amide bonds. The zero-order valence-electron chi connectivity index (χ0n) is 10.1. The molecule has 1 N–H and O–H groups in total. The van der Waals surface area contributed by atoms with E-state index in [0.29, 0.717) is 18.1 Å². The van der Waals surface area contributed by atoms with E-state index in [4.69, 9.17) is 4.74 Å². The summed E-state index contributed by atoms with van der Waals surface area (Å²) in [6.07, 6.45) is 12.2. The van der Waals surface area contributed by atoms with E-state index in [2.05, 4.69) is 0 Å². The molecule has 4 aliphatic carbocycles. The molecule has 4 saturated carbocycles. The minimum atomic E-state index is -0.0684. The van der Waals surface area contributed by atoms with E-state index in [-0.39, 0.29) is 6.10 Å². The Morgan fingerprint density at radius 3 is 2.38 bits per heavy atom. The maximum absolute atomic E-state index is 10.0. The van der Waals surface area contributed by atoms with Crippen molar-refractivity contribution in [2.75, 3.05) is 0 Å². The Bertz CT molecular complexity index is 235. The van der Waals surface area contributed by atoms with Crippen molar-refractivity contribution in [3.05, 3.63) is 0 Å². The molecular formula is C14H24O2. The van der Waals surface area contributed by atoms with Gasteiger partial charge in [0, 0.05) is 5.92 Å². The van der Waals surface area contributed by atoms with Crippen LogP contribution in [-0.4, -0.2) is 23.4 Å². The zero-order valence-corrected chi connectivity index (χ0v) is 10.1. The molecule has 4 fully saturated rings. The van der Waals surface area contributed by atoms with Crippen LogP contribution >= 0.6 is 0 Å². The lowest BCUT2D eigenvalue weighted by Gasteiger charge is -2.46. The smallest absolute Gasteiger partial charge is 0.0634 e. The third kappa shape index (κ3) is 2.14. The predicted octanol–water partition coefficient (Wildman–Crippen LogP) is 2.89. The molecule has 0 aromatic heterocycles. The predicted molar refractivity (Wildman–Crippen MR) is 63.2 cm³/mol. The Hall–Kier alpha value is -0.0800. The largest absolute Gasteiger partial charge is 0.393 e. The lowest BCUT2D eigenvalue weighted by Crippen LogP contribution is -2.47. The van der Waals surface area contributed by atoms with E-state index in [1.54, 1.807) is 0 Å². The molecule has 92 valence electrons. The van der Waals surface area contributed by atoms with Crippen LogP contribution in [0.1, 0.15) is 57.8 Å². The number of aliphatic hydroxyl groups excluding tert-OH is 1. The quantitative estimate of drug-likeness (QED) is 0.781. The van der Waals surface area contributed by atoms with Crippen LogP contribution in [0, 0.1) is 11.8 Å². The van der Waals surface area contributed by atoms with E-state index in [1.165, 1.54) is 51.4 Å². The molecule has 0 spiro atoms. The molecule has 0 aromatic rings. The average Bonchev–Trinajstić information content (AvgIpc) is 2.30. The molecule has 2 heteroatoms. The van der Waals surface area contributed by atoms with Gasteiger partial charge in [-0.3, -0.25) is 0 Å². The monoisotopic (exact) mass is 224 g/mol. The van der Waals surface area contributed by atoms with Crippen molar-refractivity contribution in [1.82, 2.24) is 0 Å². The van der Waals surface area contributed by atoms with Gasteiger partial charge in [-0.2, -0.15) is 0 Å². The highest BCUT2D eigenvalue weighted by Gasteiger charge is 2.42. The Labute approximate surface area is 98.4 Å². The molecule has 2 bridgehead atoms. The maximum atomic E-state index is 10.0. The number of ether oxygens (including phenoxy) is 1. The molecule has 4 rings (SSSR count). The second-order valence-corrected chi connectivity index (χ2v) is 6.08. The zero-order chi connectivity index (χ0) is 11.0. The SMILES string of the molecule is OC1CC2CCC1C(OC1CCCCC1)C2. The molecule has 2 nitrogen and oxygen atoms in total. The molecule has 4 aliphatic rings. The summed E-state index contributed by atoms with van der Waals surface area (Å²) in [6.45, 7) is 0. The fraction of sp³-hybridized carbons (Fsp3) is 1.00. The van der Waals surface area contributed by atoms with Crippen molar-refractivity contribution in [2.45, 2.75) is 76.1 Å². The van der Waals surface area contributed by atoms with Crippen LogP contribution in [-0.2, 0) is 4.74 Å². The van der Waals surface area contributed by atoms with Gasteiger partial charge in [-0.25, -0.2) is 0 Å². The second kappa shape index (κ2) is 4.66. The number of fused-ring (bicyclic) bond motifs is 3. The summed E-state index contributed by atoms with van der Waals surface area (Å²) in [4.78, 5) is 0. The van der Waals surface area contributed by atoms with Crippen LogP contribution in [0.25, 0.3) is 0 Å². The minimum Gasteiger partial charge on any atom is -0.393 e. The standard InChI is InChI=1S/C14H24O2/c15-13-8-10-6-7-12(13)14(9-10)16-11-4-2-1-3-5-11/h10-15H,1-9H2. The van der Waals surface area contributed by atoms with Gasteiger partial charge in [0.25, 0.3) is 0 Å². The first-order chi connectivity index (χ1) is 7.83. The molecule has 0 aliphatic heterocycles. The van der Waals surface area contributed by atoms with Gasteiger partial charge in [-0.1, -0.05) is 19.3 Å². The Balaban J connectivity index is 1.58. The van der Waals surface area contributed by atoms with Crippen molar-refractivity contribution in [3.63, 3.8) is 0 Å². The van der Waals surface area contributed by atoms with Gasteiger partial charge in [0.05, 0.1) is 18.3 Å². The number of aliphatic hydroxyl groups is 1. The highest BCUT2D eigenvalue weighted by atomic mass is 16.5. The van der Waals surface area contributed by atoms with Crippen LogP contribution in [0.3, 0.4) is 0 Å². The molecule has 0 heterocycles. The van der Waals surface area contributed by atoms with Crippen molar-refractivity contribution in [2.24, 2.45) is 11.8 Å². The molecule has 0 saturated heterocycles. The lowest BCUT2D eigenvalue weighted by molar-refractivity contribution is -0.140. The topological polar surface area (TPSA) is 29.5 Å². The summed E-state index contributed by atoms with van der Waals surface area (Å²) in [5, 5.41) is 10.0. The van der Waals surface area contributed by atoms with E-state index < -0.39 is 0 Å². The third-order valence-corrected chi connectivity index (χ3v) is 4.94. The van der Waals surface area contributed by atoms with Gasteiger partial charge in [0.1, 0.15) is 0 Å². The normalized spacial score (nSPS) is 44.8. The van der Waals surface area contributed by atoms with E-state index in [1.807, 2.05) is 0 Å². The van der Waals surface area contributed by atoms with Crippen LogP contribution in [0.5, 0.6) is 0 Å². The minimum absolute atomic E-state index is 0.0684. The molecule has 0 radical (unpaired) electrons. The maximum Gasteiger partial charge on any atom is 0.0634 e. The average molecular weight is 224 g/mol. The number of hydrogen-bond donors (Lipinski definition) is 1. The van der Waals surface area contributed by atoms with Gasteiger partial charge in [-0.15, -0.1) is 0 Å². The van der Waals surface area contributed by atoms with Crippen LogP contribution in [0.4, 0.5) is 0 Å². The van der Waals surface area contributed by atoms with E-state index in [0.717, 1.165) is 12.3 Å². The van der Waals surface area contributed by atoms with Crippen LogP contribution in [0.15, 0.2) is 0 Å². The van der Waals surface area contributed by atoms with Gasteiger partial charge >= 0.3 is 0 Å². The van der Waals surface area contributed by atoms with Gasteiger partial charge in [0.2, 0.25) is 0 Å². The van der Waals surface area contributed by atoms with Crippen molar-refractivity contribution < 1.29 is 9.84 Å². The first-order valence-electron chi connectivity index (χ1n) is 7.16. The summed E-state index contributed by atoms with van der Waals surface area (Å²) in [5.74, 6) is 1.19. The van der Waals surface area contributed by atoms with E-state index >= 15 is 0 Å². The summed E-state index contributed by atoms with van der Waals surface area (Å²) in [7, 11) is 0. The Morgan fingerprint density at radius 2 is 1.69 bits per heavy atom. The molecule has 0 aromatic carbocycles. The van der Waals surface area contributed by atoms with Gasteiger partial charge < -0.3 is 9.84 Å². The molecular weight excluding hydrogens is 200 g/mol. The summed E-state index contributed by atoms with van der Waals surface area (Å²) in [5.41, 5.74) is 0. The summed E-state index contributed by atoms with van der Waals surface area (Å²) < 4.78 is 6.28. The number of rotatable bonds is 2. The third-order valence-electron chi connectivity index (χ3n) is 4.94. The molecule has 4 atom stereocenters. The number of hydrogen-bond acceptors (Lipinski definition) is 2. The van der Waals surface area contributed by atoms with Crippen molar-refractivity contribution in [1.29, 1.82) is 0 Å². The first kappa shape index (κ1) is 11.0. The fourth-order valence-corrected chi connectivity index (χ4v) is 4.01. The van der Waals surface area contributed by atoms with Crippen molar-refractivity contribution >= 4 is 0 Å². The van der Waals surface area contributed by atoms with Gasteiger partial charge in [0.15, 0.2) is 0 Å². The highest BCUT2D eigenvalue weighted by Crippen LogP contribution is 2.43. The van der Waals surface area contributed by atoms with Crippen LogP contribution in [0.2, 0.25) is 0 Å². The Kier molecular flexibility index (Phi) is 3.21. The van der Waals surface area contributed by atoms with Crippen LogP contribution < -0.4 is 0 Å². The van der Waals surface area contributed by atoms with E-state index in [9.17, 15) is 5.11 Å². The van der Waals surface area contributed by atoms with Gasteiger partial charge in [-0.05, 0) is 44.4 Å². The molecule has 16 heavy (non-hydrogen) atoms.